The predicted molar refractivity (Wildman–Crippen MR) is 163 cm³/mol. The Morgan fingerprint density at radius 1 is 0.744 bits per heavy atom. The number of halogens is 1. The summed E-state index contributed by atoms with van der Waals surface area (Å²) in [5, 5.41) is 2.14. The normalized spacial score (nSPS) is 14.7. The number of fused-ring (bicyclic) bond motifs is 1. The lowest BCUT2D eigenvalue weighted by Crippen LogP contribution is -2.45. The van der Waals surface area contributed by atoms with E-state index in [4.69, 9.17) is 17.3 Å². The van der Waals surface area contributed by atoms with Crippen LogP contribution in [-0.2, 0) is 19.6 Å². The average Bonchev–Trinajstić information content (AvgIpc) is 3.35. The zero-order chi connectivity index (χ0) is 26.8. The van der Waals surface area contributed by atoms with E-state index < -0.39 is 0 Å². The minimum Gasteiger partial charge on any atom is -0.326 e. The summed E-state index contributed by atoms with van der Waals surface area (Å²) < 4.78 is 2.31. The summed E-state index contributed by atoms with van der Waals surface area (Å²) in [5.41, 5.74) is 15.8. The summed E-state index contributed by atoms with van der Waals surface area (Å²) in [5.74, 6) is 0. The maximum absolute atomic E-state index is 6.40. The Kier molecular flexibility index (Phi) is 7.53. The number of hydrogen-bond donors (Lipinski definition) is 1. The Labute approximate surface area is 236 Å². The molecule has 1 aromatic heterocycles. The molecule has 0 aliphatic carbocycles. The molecule has 2 N–H and O–H groups in total. The van der Waals surface area contributed by atoms with E-state index in [1.54, 1.807) is 0 Å². The monoisotopic (exact) mass is 534 g/mol. The Morgan fingerprint density at radius 2 is 1.49 bits per heavy atom. The Hall–Kier alpha value is -3.41. The first-order chi connectivity index (χ1) is 19.1. The molecular formula is C34H35ClN4. The van der Waals surface area contributed by atoms with E-state index in [9.17, 15) is 0 Å². The minimum absolute atomic E-state index is 0.535. The summed E-state index contributed by atoms with van der Waals surface area (Å²) in [7, 11) is 0. The molecule has 2 heterocycles. The van der Waals surface area contributed by atoms with Crippen LogP contribution in [0.3, 0.4) is 0 Å². The van der Waals surface area contributed by atoms with E-state index in [0.29, 0.717) is 6.54 Å². The summed E-state index contributed by atoms with van der Waals surface area (Å²) >= 11 is 6.40. The fourth-order valence-corrected chi connectivity index (χ4v) is 5.81. The number of aryl methyl sites for hydroxylation is 1. The van der Waals surface area contributed by atoms with Gasteiger partial charge >= 0.3 is 0 Å². The van der Waals surface area contributed by atoms with Gasteiger partial charge in [0.05, 0.1) is 5.52 Å². The van der Waals surface area contributed by atoms with E-state index in [2.05, 4.69) is 106 Å². The van der Waals surface area contributed by atoms with E-state index in [1.807, 2.05) is 12.1 Å². The van der Waals surface area contributed by atoms with Gasteiger partial charge in [0, 0.05) is 73.7 Å². The van der Waals surface area contributed by atoms with Crippen LogP contribution in [0, 0.1) is 6.92 Å². The fraction of sp³-hybridized carbons (Fsp3) is 0.235. The summed E-state index contributed by atoms with van der Waals surface area (Å²) in [6, 6.07) is 32.5. The Morgan fingerprint density at radius 3 is 2.23 bits per heavy atom. The maximum atomic E-state index is 6.40. The predicted octanol–water partition coefficient (Wildman–Crippen LogP) is 7.04. The van der Waals surface area contributed by atoms with Gasteiger partial charge in [-0.25, -0.2) is 0 Å². The van der Waals surface area contributed by atoms with Gasteiger partial charge in [-0.3, -0.25) is 9.80 Å². The first-order valence-corrected chi connectivity index (χ1v) is 14.1. The van der Waals surface area contributed by atoms with Gasteiger partial charge in [0.2, 0.25) is 0 Å². The molecule has 1 aliphatic heterocycles. The number of rotatable bonds is 7. The molecule has 1 saturated heterocycles. The number of aromatic nitrogens is 1. The molecule has 198 valence electrons. The highest BCUT2D eigenvalue weighted by atomic mass is 35.5. The van der Waals surface area contributed by atoms with Crippen LogP contribution >= 0.6 is 11.6 Å². The number of nitrogens with two attached hydrogens (primary N) is 1. The Bertz CT molecular complexity index is 1580. The van der Waals surface area contributed by atoms with Crippen LogP contribution in [0.25, 0.3) is 27.7 Å². The van der Waals surface area contributed by atoms with Crippen molar-refractivity contribution >= 4 is 22.5 Å². The number of hydrogen-bond acceptors (Lipinski definition) is 3. The van der Waals surface area contributed by atoms with Crippen LogP contribution in [0.2, 0.25) is 5.02 Å². The summed E-state index contributed by atoms with van der Waals surface area (Å²) in [6.07, 6.45) is 2.28. The van der Waals surface area contributed by atoms with Crippen molar-refractivity contribution in [2.24, 2.45) is 5.73 Å². The summed E-state index contributed by atoms with van der Waals surface area (Å²) in [4.78, 5) is 5.07. The van der Waals surface area contributed by atoms with Gasteiger partial charge in [-0.2, -0.15) is 0 Å². The maximum Gasteiger partial charge on any atom is 0.0535 e. The van der Waals surface area contributed by atoms with Crippen molar-refractivity contribution in [1.82, 2.24) is 14.4 Å². The molecule has 1 fully saturated rings. The third-order valence-electron chi connectivity index (χ3n) is 7.88. The number of piperazine rings is 1. The smallest absolute Gasteiger partial charge is 0.0535 e. The molecule has 0 radical (unpaired) electrons. The van der Waals surface area contributed by atoms with Crippen molar-refractivity contribution in [2.45, 2.75) is 26.6 Å². The standard InChI is InChI=1S/C34H35ClN4/c1-25-9-12-28(13-10-25)32-24-39(30-7-4-5-26(19-30)21-36)34-14-11-27(20-31(32)34)22-37-15-17-38(18-16-37)23-29-6-2-3-8-33(29)35/h2-14,19-20,24H,15-18,21-23,36H2,1H3. The Balaban J connectivity index is 1.26. The average molecular weight is 535 g/mol. The third kappa shape index (κ3) is 5.66. The fourth-order valence-electron chi connectivity index (χ4n) is 5.62. The topological polar surface area (TPSA) is 37.4 Å². The highest BCUT2D eigenvalue weighted by Crippen LogP contribution is 2.34. The first-order valence-electron chi connectivity index (χ1n) is 13.8. The molecule has 0 spiro atoms. The van der Waals surface area contributed by atoms with Gasteiger partial charge in [-0.05, 0) is 59.5 Å². The SMILES string of the molecule is Cc1ccc(-c2cn(-c3cccc(CN)c3)c3ccc(CN4CCN(Cc5ccccc5Cl)CC4)cc23)cc1. The largest absolute Gasteiger partial charge is 0.326 e. The van der Waals surface area contributed by atoms with Crippen LogP contribution in [0.4, 0.5) is 0 Å². The van der Waals surface area contributed by atoms with Crippen molar-refractivity contribution in [2.75, 3.05) is 26.2 Å². The van der Waals surface area contributed by atoms with E-state index in [1.165, 1.54) is 38.7 Å². The molecule has 0 unspecified atom stereocenters. The molecule has 1 aliphatic rings. The van der Waals surface area contributed by atoms with Gasteiger partial charge in [0.25, 0.3) is 0 Å². The van der Waals surface area contributed by atoms with E-state index in [0.717, 1.165) is 55.5 Å². The molecule has 4 aromatic carbocycles. The lowest BCUT2D eigenvalue weighted by Gasteiger charge is -2.35. The van der Waals surface area contributed by atoms with Crippen LogP contribution in [0.15, 0.2) is 97.2 Å². The lowest BCUT2D eigenvalue weighted by atomic mass is 10.0. The van der Waals surface area contributed by atoms with Crippen LogP contribution in [0.1, 0.15) is 22.3 Å². The number of benzene rings is 4. The van der Waals surface area contributed by atoms with Gasteiger partial charge in [-0.15, -0.1) is 0 Å². The van der Waals surface area contributed by atoms with Crippen LogP contribution in [0.5, 0.6) is 0 Å². The van der Waals surface area contributed by atoms with Gasteiger partial charge in [0.15, 0.2) is 0 Å². The van der Waals surface area contributed by atoms with E-state index in [-0.39, 0.29) is 0 Å². The van der Waals surface area contributed by atoms with Crippen LogP contribution < -0.4 is 5.73 Å². The molecule has 0 bridgehead atoms. The molecule has 6 rings (SSSR count). The second-order valence-corrected chi connectivity index (χ2v) is 11.1. The quantitative estimate of drug-likeness (QED) is 0.243. The van der Waals surface area contributed by atoms with Gasteiger partial charge in [-0.1, -0.05) is 77.8 Å². The van der Waals surface area contributed by atoms with Crippen molar-refractivity contribution < 1.29 is 0 Å². The molecule has 39 heavy (non-hydrogen) atoms. The zero-order valence-corrected chi connectivity index (χ0v) is 23.2. The molecule has 0 saturated carbocycles. The van der Waals surface area contributed by atoms with Gasteiger partial charge < -0.3 is 10.3 Å². The number of nitrogens with zero attached hydrogens (tertiary/aromatic N) is 3. The van der Waals surface area contributed by atoms with Crippen molar-refractivity contribution in [1.29, 1.82) is 0 Å². The molecule has 5 heteroatoms. The third-order valence-corrected chi connectivity index (χ3v) is 8.25. The summed E-state index contributed by atoms with van der Waals surface area (Å²) in [6.45, 7) is 8.76. The molecule has 5 aromatic rings. The van der Waals surface area contributed by atoms with Gasteiger partial charge in [0.1, 0.15) is 0 Å². The lowest BCUT2D eigenvalue weighted by molar-refractivity contribution is 0.122. The second-order valence-electron chi connectivity index (χ2n) is 10.6. The van der Waals surface area contributed by atoms with Crippen molar-refractivity contribution in [3.8, 4) is 16.8 Å². The minimum atomic E-state index is 0.535. The molecule has 0 amide bonds. The highest BCUT2D eigenvalue weighted by molar-refractivity contribution is 6.31. The van der Waals surface area contributed by atoms with Crippen molar-refractivity contribution in [3.63, 3.8) is 0 Å². The van der Waals surface area contributed by atoms with Crippen molar-refractivity contribution in [3.05, 3.63) is 124 Å². The first kappa shape index (κ1) is 25.8. The van der Waals surface area contributed by atoms with Crippen LogP contribution in [-0.4, -0.2) is 40.5 Å². The molecular weight excluding hydrogens is 500 g/mol. The highest BCUT2D eigenvalue weighted by Gasteiger charge is 2.19. The molecule has 4 nitrogen and oxygen atoms in total. The molecule has 0 atom stereocenters. The zero-order valence-electron chi connectivity index (χ0n) is 22.5. The van der Waals surface area contributed by atoms with E-state index >= 15 is 0 Å². The second kappa shape index (κ2) is 11.4.